The van der Waals surface area contributed by atoms with Crippen molar-refractivity contribution in [3.8, 4) is 0 Å². The Labute approximate surface area is 124 Å². The van der Waals surface area contributed by atoms with E-state index in [4.69, 9.17) is 0 Å². The van der Waals surface area contributed by atoms with Crippen molar-refractivity contribution >= 4 is 11.3 Å². The Morgan fingerprint density at radius 1 is 1.10 bits per heavy atom. The molecule has 1 N–H and O–H groups in total. The standard InChI is InChI=1S/C17H22FNS/c1-5-19-16(12-6-8-13(18)9-7-12)14-10-11-15(20-14)17(2,3)4/h6-11,16,19H,5H2,1-4H3. The highest BCUT2D eigenvalue weighted by Crippen LogP contribution is 2.34. The second kappa shape index (κ2) is 6.06. The summed E-state index contributed by atoms with van der Waals surface area (Å²) in [7, 11) is 0. The minimum Gasteiger partial charge on any atom is -0.306 e. The van der Waals surface area contributed by atoms with Crippen molar-refractivity contribution < 1.29 is 4.39 Å². The van der Waals surface area contributed by atoms with E-state index < -0.39 is 0 Å². The van der Waals surface area contributed by atoms with Gasteiger partial charge in [-0.1, -0.05) is 39.8 Å². The van der Waals surface area contributed by atoms with Gasteiger partial charge in [0.15, 0.2) is 0 Å². The van der Waals surface area contributed by atoms with Gasteiger partial charge in [-0.15, -0.1) is 11.3 Å². The number of hydrogen-bond donors (Lipinski definition) is 1. The quantitative estimate of drug-likeness (QED) is 0.846. The molecule has 108 valence electrons. The van der Waals surface area contributed by atoms with E-state index in [9.17, 15) is 4.39 Å². The minimum atomic E-state index is -0.189. The Bertz CT molecular complexity index is 551. The molecule has 0 saturated heterocycles. The highest BCUT2D eigenvalue weighted by molar-refractivity contribution is 7.12. The van der Waals surface area contributed by atoms with E-state index in [1.165, 1.54) is 21.9 Å². The summed E-state index contributed by atoms with van der Waals surface area (Å²) in [6.45, 7) is 9.65. The fraction of sp³-hybridized carbons (Fsp3) is 0.412. The van der Waals surface area contributed by atoms with E-state index in [0.29, 0.717) is 0 Å². The summed E-state index contributed by atoms with van der Waals surface area (Å²) in [5, 5.41) is 3.49. The second-order valence-electron chi connectivity index (χ2n) is 5.99. The van der Waals surface area contributed by atoms with Crippen LogP contribution in [-0.4, -0.2) is 6.54 Å². The maximum atomic E-state index is 13.1. The molecule has 1 unspecified atom stereocenters. The van der Waals surface area contributed by atoms with Crippen molar-refractivity contribution in [2.45, 2.75) is 39.2 Å². The van der Waals surface area contributed by atoms with Gasteiger partial charge in [0, 0.05) is 9.75 Å². The first kappa shape index (κ1) is 15.2. The summed E-state index contributed by atoms with van der Waals surface area (Å²) in [5.41, 5.74) is 1.28. The van der Waals surface area contributed by atoms with E-state index in [-0.39, 0.29) is 17.3 Å². The first-order valence-electron chi connectivity index (χ1n) is 7.01. The van der Waals surface area contributed by atoms with Crippen molar-refractivity contribution in [2.24, 2.45) is 0 Å². The van der Waals surface area contributed by atoms with E-state index in [2.05, 4.69) is 45.1 Å². The molecule has 20 heavy (non-hydrogen) atoms. The molecule has 2 rings (SSSR count). The molecule has 1 nitrogen and oxygen atoms in total. The number of halogens is 1. The Morgan fingerprint density at radius 3 is 2.25 bits per heavy atom. The highest BCUT2D eigenvalue weighted by atomic mass is 32.1. The van der Waals surface area contributed by atoms with Gasteiger partial charge in [-0.2, -0.15) is 0 Å². The fourth-order valence-corrected chi connectivity index (χ4v) is 3.32. The lowest BCUT2D eigenvalue weighted by atomic mass is 9.95. The summed E-state index contributed by atoms with van der Waals surface area (Å²) < 4.78 is 13.1. The van der Waals surface area contributed by atoms with Crippen LogP contribution < -0.4 is 5.32 Å². The van der Waals surface area contributed by atoms with Crippen LogP contribution in [0.2, 0.25) is 0 Å². The number of benzene rings is 1. The van der Waals surface area contributed by atoms with Crippen LogP contribution in [0, 0.1) is 5.82 Å². The van der Waals surface area contributed by atoms with Gasteiger partial charge in [0.05, 0.1) is 6.04 Å². The van der Waals surface area contributed by atoms with Crippen molar-refractivity contribution in [3.63, 3.8) is 0 Å². The average molecular weight is 291 g/mol. The molecule has 0 fully saturated rings. The Hall–Kier alpha value is -1.19. The van der Waals surface area contributed by atoms with Crippen molar-refractivity contribution in [3.05, 3.63) is 57.5 Å². The van der Waals surface area contributed by atoms with E-state index >= 15 is 0 Å². The molecule has 1 aromatic heterocycles. The Morgan fingerprint density at radius 2 is 1.75 bits per heavy atom. The molecule has 3 heteroatoms. The van der Waals surface area contributed by atoms with Crippen LogP contribution in [0.1, 0.15) is 49.1 Å². The number of thiophene rings is 1. The summed E-state index contributed by atoms with van der Waals surface area (Å²) in [5.74, 6) is -0.189. The number of hydrogen-bond acceptors (Lipinski definition) is 2. The van der Waals surface area contributed by atoms with Gasteiger partial charge in [-0.05, 0) is 41.8 Å². The molecule has 0 aliphatic carbocycles. The molecule has 2 aromatic rings. The van der Waals surface area contributed by atoms with Crippen molar-refractivity contribution in [1.82, 2.24) is 5.32 Å². The highest BCUT2D eigenvalue weighted by Gasteiger charge is 2.20. The predicted octanol–water partition coefficient (Wildman–Crippen LogP) is 4.88. The predicted molar refractivity (Wildman–Crippen MR) is 84.9 cm³/mol. The molecule has 0 bridgehead atoms. The van der Waals surface area contributed by atoms with E-state index in [1.807, 2.05) is 23.5 Å². The van der Waals surface area contributed by atoms with Crippen molar-refractivity contribution in [2.75, 3.05) is 6.54 Å². The first-order valence-corrected chi connectivity index (χ1v) is 7.82. The van der Waals surface area contributed by atoms with E-state index in [1.54, 1.807) is 0 Å². The molecule has 0 radical (unpaired) electrons. The van der Waals surface area contributed by atoms with Gasteiger partial charge < -0.3 is 5.32 Å². The Kier molecular flexibility index (Phi) is 4.61. The maximum absolute atomic E-state index is 13.1. The van der Waals surface area contributed by atoms with Crippen LogP contribution in [0.15, 0.2) is 36.4 Å². The molecule has 0 saturated carbocycles. The molecular weight excluding hydrogens is 269 g/mol. The zero-order valence-electron chi connectivity index (χ0n) is 12.5. The van der Waals surface area contributed by atoms with Crippen molar-refractivity contribution in [1.29, 1.82) is 0 Å². The third-order valence-electron chi connectivity index (χ3n) is 3.26. The summed E-state index contributed by atoms with van der Waals surface area (Å²) in [6.07, 6.45) is 0. The summed E-state index contributed by atoms with van der Waals surface area (Å²) in [4.78, 5) is 2.65. The van der Waals surface area contributed by atoms with Gasteiger partial charge in [0.25, 0.3) is 0 Å². The van der Waals surface area contributed by atoms with Gasteiger partial charge in [-0.25, -0.2) is 4.39 Å². The molecule has 0 aliphatic rings. The monoisotopic (exact) mass is 291 g/mol. The number of nitrogens with one attached hydrogen (secondary N) is 1. The summed E-state index contributed by atoms with van der Waals surface area (Å²) >= 11 is 1.83. The maximum Gasteiger partial charge on any atom is 0.123 e. The SMILES string of the molecule is CCNC(c1ccc(F)cc1)c1ccc(C(C)(C)C)s1. The van der Waals surface area contributed by atoms with Gasteiger partial charge in [0.2, 0.25) is 0 Å². The molecule has 0 aliphatic heterocycles. The van der Waals surface area contributed by atoms with Crippen LogP contribution in [0.25, 0.3) is 0 Å². The third kappa shape index (κ3) is 3.47. The normalized spacial score (nSPS) is 13.4. The largest absolute Gasteiger partial charge is 0.306 e. The third-order valence-corrected chi connectivity index (χ3v) is 4.84. The lowest BCUT2D eigenvalue weighted by Gasteiger charge is -2.18. The lowest BCUT2D eigenvalue weighted by Crippen LogP contribution is -2.21. The molecule has 1 atom stereocenters. The smallest absolute Gasteiger partial charge is 0.123 e. The zero-order chi connectivity index (χ0) is 14.8. The molecule has 1 heterocycles. The zero-order valence-corrected chi connectivity index (χ0v) is 13.4. The first-order chi connectivity index (χ1) is 9.41. The summed E-state index contributed by atoms with van der Waals surface area (Å²) in [6, 6.07) is 11.3. The van der Waals surface area contributed by atoms with Crippen LogP contribution in [0.3, 0.4) is 0 Å². The average Bonchev–Trinajstić information content (AvgIpc) is 2.86. The fourth-order valence-electron chi connectivity index (χ4n) is 2.15. The number of rotatable bonds is 4. The van der Waals surface area contributed by atoms with Crippen LogP contribution in [0.5, 0.6) is 0 Å². The molecular formula is C17H22FNS. The van der Waals surface area contributed by atoms with Gasteiger partial charge in [-0.3, -0.25) is 0 Å². The van der Waals surface area contributed by atoms with Gasteiger partial charge in [0.1, 0.15) is 5.82 Å². The van der Waals surface area contributed by atoms with E-state index in [0.717, 1.165) is 12.1 Å². The molecule has 1 aromatic carbocycles. The van der Waals surface area contributed by atoms with Crippen LogP contribution >= 0.6 is 11.3 Å². The van der Waals surface area contributed by atoms with Crippen LogP contribution in [-0.2, 0) is 5.41 Å². The van der Waals surface area contributed by atoms with Crippen LogP contribution in [0.4, 0.5) is 4.39 Å². The Balaban J connectivity index is 2.33. The second-order valence-corrected chi connectivity index (χ2v) is 7.11. The minimum absolute atomic E-state index is 0.140. The topological polar surface area (TPSA) is 12.0 Å². The lowest BCUT2D eigenvalue weighted by molar-refractivity contribution is 0.604. The van der Waals surface area contributed by atoms with Gasteiger partial charge >= 0.3 is 0 Å². The molecule has 0 spiro atoms. The molecule has 0 amide bonds.